The number of benzene rings is 2. The van der Waals surface area contributed by atoms with Gasteiger partial charge in [-0.05, 0) is 28.8 Å². The molecule has 3 heteroatoms. The quantitative estimate of drug-likeness (QED) is 0.591. The van der Waals surface area contributed by atoms with Crippen LogP contribution in [0.3, 0.4) is 0 Å². The van der Waals surface area contributed by atoms with E-state index in [1.54, 1.807) is 13.2 Å². The average molecular weight is 308 g/mol. The number of esters is 1. The Kier molecular flexibility index (Phi) is 6.18. The number of rotatable bonds is 6. The molecule has 0 aliphatic rings. The highest BCUT2D eigenvalue weighted by molar-refractivity contribution is 5.81. The van der Waals surface area contributed by atoms with Gasteiger partial charge in [0.1, 0.15) is 5.75 Å². The van der Waals surface area contributed by atoms with E-state index in [2.05, 4.69) is 16.9 Å². The van der Waals surface area contributed by atoms with Crippen LogP contribution in [0.5, 0.6) is 5.75 Å². The van der Waals surface area contributed by atoms with Crippen LogP contribution in [-0.4, -0.2) is 20.2 Å². The van der Waals surface area contributed by atoms with E-state index in [1.165, 1.54) is 7.11 Å². The maximum atomic E-state index is 11.2. The van der Waals surface area contributed by atoms with Crippen LogP contribution in [0, 0.1) is 0 Å². The van der Waals surface area contributed by atoms with E-state index in [1.807, 2.05) is 54.6 Å². The van der Waals surface area contributed by atoms with Crippen LogP contribution in [0.2, 0.25) is 0 Å². The van der Waals surface area contributed by atoms with Crippen molar-refractivity contribution in [2.75, 3.05) is 14.2 Å². The molecule has 0 unspecified atom stereocenters. The van der Waals surface area contributed by atoms with Gasteiger partial charge in [-0.2, -0.15) is 0 Å². The zero-order valence-electron chi connectivity index (χ0n) is 13.4. The first kappa shape index (κ1) is 16.6. The fraction of sp³-hybridized carbons (Fsp3) is 0.150. The lowest BCUT2D eigenvalue weighted by molar-refractivity contribution is -0.139. The second-order valence-corrected chi connectivity index (χ2v) is 4.88. The largest absolute Gasteiger partial charge is 0.497 e. The molecule has 0 spiro atoms. The number of hydrogen-bond donors (Lipinski definition) is 0. The number of hydrogen-bond acceptors (Lipinski definition) is 3. The Morgan fingerprint density at radius 1 is 0.957 bits per heavy atom. The first-order valence-corrected chi connectivity index (χ1v) is 7.38. The standard InChI is InChI=1S/C20H20O3/c1-22-18-14-12-17(13-15-18)19(16-8-4-3-5-9-16)10-6-7-11-20(21)23-2/h3-10,12-15H,11H2,1-2H3/b7-6+,19-10+. The second kappa shape index (κ2) is 8.59. The third-order valence-corrected chi connectivity index (χ3v) is 3.40. The molecule has 0 fully saturated rings. The van der Waals surface area contributed by atoms with Crippen LogP contribution < -0.4 is 4.74 Å². The van der Waals surface area contributed by atoms with Gasteiger partial charge in [-0.1, -0.05) is 60.7 Å². The van der Waals surface area contributed by atoms with Gasteiger partial charge in [0.05, 0.1) is 20.6 Å². The molecule has 0 aliphatic carbocycles. The van der Waals surface area contributed by atoms with Gasteiger partial charge in [0.25, 0.3) is 0 Å². The first-order chi connectivity index (χ1) is 11.2. The summed E-state index contributed by atoms with van der Waals surface area (Å²) in [5.41, 5.74) is 3.27. The lowest BCUT2D eigenvalue weighted by atomic mass is 9.97. The van der Waals surface area contributed by atoms with Crippen molar-refractivity contribution < 1.29 is 14.3 Å². The molecule has 0 saturated heterocycles. The number of methoxy groups -OCH3 is 2. The van der Waals surface area contributed by atoms with Crippen molar-refractivity contribution in [3.63, 3.8) is 0 Å². The lowest BCUT2D eigenvalue weighted by Gasteiger charge is -2.09. The maximum absolute atomic E-state index is 11.2. The Hall–Kier alpha value is -2.81. The Bertz CT molecular complexity index is 683. The molecule has 0 saturated carbocycles. The van der Waals surface area contributed by atoms with Gasteiger partial charge < -0.3 is 9.47 Å². The summed E-state index contributed by atoms with van der Waals surface area (Å²) in [5.74, 6) is 0.572. The predicted molar refractivity (Wildman–Crippen MR) is 92.3 cm³/mol. The molecule has 0 heterocycles. The second-order valence-electron chi connectivity index (χ2n) is 4.88. The van der Waals surface area contributed by atoms with Crippen LogP contribution in [-0.2, 0) is 9.53 Å². The summed E-state index contributed by atoms with van der Waals surface area (Å²) in [7, 11) is 3.04. The lowest BCUT2D eigenvalue weighted by Crippen LogP contribution is -1.96. The molecule has 0 N–H and O–H groups in total. The van der Waals surface area contributed by atoms with Crippen molar-refractivity contribution in [1.29, 1.82) is 0 Å². The Morgan fingerprint density at radius 3 is 2.22 bits per heavy atom. The summed E-state index contributed by atoms with van der Waals surface area (Å²) in [6.07, 6.45) is 5.93. The minimum absolute atomic E-state index is 0.250. The van der Waals surface area contributed by atoms with Crippen LogP contribution in [0.4, 0.5) is 0 Å². The summed E-state index contributed by atoms with van der Waals surface area (Å²) in [6.45, 7) is 0. The van der Waals surface area contributed by atoms with Crippen LogP contribution in [0.1, 0.15) is 17.5 Å². The topological polar surface area (TPSA) is 35.5 Å². The molecule has 0 amide bonds. The van der Waals surface area contributed by atoms with Crippen molar-refractivity contribution in [2.24, 2.45) is 0 Å². The monoisotopic (exact) mass is 308 g/mol. The molecule has 0 bridgehead atoms. The van der Waals surface area contributed by atoms with Gasteiger partial charge in [-0.15, -0.1) is 0 Å². The Morgan fingerprint density at radius 2 is 1.61 bits per heavy atom. The third kappa shape index (κ3) is 4.85. The number of ether oxygens (including phenoxy) is 2. The maximum Gasteiger partial charge on any atom is 0.309 e. The number of allylic oxidation sites excluding steroid dienone is 2. The number of carbonyl (C=O) groups is 1. The average Bonchev–Trinajstić information content (AvgIpc) is 2.62. The van der Waals surface area contributed by atoms with Gasteiger partial charge in [0.15, 0.2) is 0 Å². The van der Waals surface area contributed by atoms with Crippen LogP contribution >= 0.6 is 0 Å². The number of carbonyl (C=O) groups excluding carboxylic acids is 1. The van der Waals surface area contributed by atoms with E-state index in [4.69, 9.17) is 4.74 Å². The highest BCUT2D eigenvalue weighted by Gasteiger charge is 2.04. The molecule has 0 atom stereocenters. The molecule has 118 valence electrons. The van der Waals surface area contributed by atoms with Gasteiger partial charge in [-0.3, -0.25) is 4.79 Å². The van der Waals surface area contributed by atoms with Crippen LogP contribution in [0.25, 0.3) is 5.57 Å². The summed E-state index contributed by atoms with van der Waals surface area (Å²) >= 11 is 0. The summed E-state index contributed by atoms with van der Waals surface area (Å²) in [6, 6.07) is 18.0. The smallest absolute Gasteiger partial charge is 0.309 e. The fourth-order valence-electron chi connectivity index (χ4n) is 2.16. The summed E-state index contributed by atoms with van der Waals surface area (Å²) < 4.78 is 9.83. The zero-order valence-corrected chi connectivity index (χ0v) is 13.4. The van der Waals surface area contributed by atoms with Gasteiger partial charge in [0, 0.05) is 0 Å². The minimum Gasteiger partial charge on any atom is -0.497 e. The third-order valence-electron chi connectivity index (χ3n) is 3.40. The highest BCUT2D eigenvalue weighted by Crippen LogP contribution is 2.25. The summed E-state index contributed by atoms with van der Waals surface area (Å²) in [5, 5.41) is 0. The van der Waals surface area contributed by atoms with Crippen molar-refractivity contribution in [1.82, 2.24) is 0 Å². The molecule has 23 heavy (non-hydrogen) atoms. The van der Waals surface area contributed by atoms with E-state index in [0.717, 1.165) is 22.4 Å². The molecule has 2 aromatic carbocycles. The van der Waals surface area contributed by atoms with Gasteiger partial charge in [-0.25, -0.2) is 0 Å². The zero-order chi connectivity index (χ0) is 16.5. The Balaban J connectivity index is 2.30. The predicted octanol–water partition coefficient (Wildman–Crippen LogP) is 4.25. The van der Waals surface area contributed by atoms with Crippen molar-refractivity contribution in [3.05, 3.63) is 84.0 Å². The molecule has 2 rings (SSSR count). The van der Waals surface area contributed by atoms with Gasteiger partial charge >= 0.3 is 5.97 Å². The van der Waals surface area contributed by atoms with Crippen molar-refractivity contribution >= 4 is 11.5 Å². The molecular weight excluding hydrogens is 288 g/mol. The highest BCUT2D eigenvalue weighted by atomic mass is 16.5. The fourth-order valence-corrected chi connectivity index (χ4v) is 2.16. The molecule has 2 aromatic rings. The Labute approximate surface area is 136 Å². The van der Waals surface area contributed by atoms with Crippen molar-refractivity contribution in [2.45, 2.75) is 6.42 Å². The van der Waals surface area contributed by atoms with E-state index >= 15 is 0 Å². The van der Waals surface area contributed by atoms with E-state index < -0.39 is 0 Å². The van der Waals surface area contributed by atoms with Gasteiger partial charge in [0.2, 0.25) is 0 Å². The first-order valence-electron chi connectivity index (χ1n) is 7.38. The summed E-state index contributed by atoms with van der Waals surface area (Å²) in [4.78, 5) is 11.2. The molecule has 0 aromatic heterocycles. The molecule has 0 aliphatic heterocycles. The van der Waals surface area contributed by atoms with Crippen molar-refractivity contribution in [3.8, 4) is 5.75 Å². The van der Waals surface area contributed by atoms with E-state index in [9.17, 15) is 4.79 Å². The molecule has 0 radical (unpaired) electrons. The minimum atomic E-state index is -0.250. The SMILES string of the molecule is COC(=O)C/C=C/C=C(\c1ccccc1)c1ccc(OC)cc1. The molecule has 3 nitrogen and oxygen atoms in total. The van der Waals surface area contributed by atoms with E-state index in [0.29, 0.717) is 0 Å². The van der Waals surface area contributed by atoms with Crippen LogP contribution in [0.15, 0.2) is 72.8 Å². The normalized spacial score (nSPS) is 11.5. The molecular formula is C20H20O3. The van der Waals surface area contributed by atoms with E-state index in [-0.39, 0.29) is 12.4 Å².